The molecule has 0 aliphatic carbocycles. The Kier molecular flexibility index (Phi) is 6.15. The van der Waals surface area contributed by atoms with Gasteiger partial charge < -0.3 is 24.4 Å². The number of carbonyl (C=O) groups is 1. The second-order valence-corrected chi connectivity index (χ2v) is 11.5. The van der Waals surface area contributed by atoms with Gasteiger partial charge in [-0.2, -0.15) is 0 Å². The van der Waals surface area contributed by atoms with Crippen LogP contribution in [0.15, 0.2) is 46.1 Å². The first kappa shape index (κ1) is 25.1. The molecule has 2 aliphatic rings. The molecular weight excluding hydrogens is 494 g/mol. The van der Waals surface area contributed by atoms with E-state index < -0.39 is 22.0 Å². The summed E-state index contributed by atoms with van der Waals surface area (Å²) in [6, 6.07) is 10.7. The van der Waals surface area contributed by atoms with Gasteiger partial charge in [0.25, 0.3) is 15.6 Å². The van der Waals surface area contributed by atoms with Gasteiger partial charge in [0.05, 0.1) is 33.6 Å². The van der Waals surface area contributed by atoms with Gasteiger partial charge in [0, 0.05) is 63.8 Å². The van der Waals surface area contributed by atoms with E-state index in [-0.39, 0.29) is 10.5 Å². The lowest BCUT2D eigenvalue weighted by Crippen LogP contribution is -2.37. The Balaban J connectivity index is 1.75. The summed E-state index contributed by atoms with van der Waals surface area (Å²) in [6.07, 6.45) is 0.258. The number of sulfonamides is 1. The molecule has 10 nitrogen and oxygen atoms in total. The third-order valence-electron chi connectivity index (χ3n) is 7.20. The van der Waals surface area contributed by atoms with E-state index in [2.05, 4.69) is 14.7 Å². The molecule has 1 fully saturated rings. The molecule has 0 radical (unpaired) electrons. The summed E-state index contributed by atoms with van der Waals surface area (Å²) < 4.78 is 29.3. The highest BCUT2D eigenvalue weighted by molar-refractivity contribution is 7.90. The number of aryl methyl sites for hydroxylation is 2. The lowest BCUT2D eigenvalue weighted by molar-refractivity contribution is -0.117. The number of fused-ring (bicyclic) bond motifs is 2. The predicted molar refractivity (Wildman–Crippen MR) is 144 cm³/mol. The normalized spacial score (nSPS) is 17.9. The number of nitrogens with one attached hydrogen (secondary N) is 1. The maximum absolute atomic E-state index is 12.8. The molecule has 5 rings (SSSR count). The molecule has 11 heteroatoms. The average Bonchev–Trinajstić information content (AvgIpc) is 3.28. The molecule has 0 saturated carbocycles. The molecule has 1 saturated heterocycles. The summed E-state index contributed by atoms with van der Waals surface area (Å²) in [5.74, 6) is -0.658. The molecule has 1 aromatic heterocycles. The zero-order valence-corrected chi connectivity index (χ0v) is 22.2. The standard InChI is InChI=1S/C26H31N5O5S/c1-16-11-21-23(29(4)26(16)34)12-18(30-8-7-19(33)15-30)13-24(21)31-10-9-28(3)22-6-5-20(14-25(22)31)37(35,36)27-17(2)32/h5-6,11-14,19,33H,7-10,15H2,1-4H3,(H,27,32)/t19-/m1/s1. The minimum absolute atomic E-state index is 0.00606. The molecule has 37 heavy (non-hydrogen) atoms. The van der Waals surface area contributed by atoms with Gasteiger partial charge >= 0.3 is 0 Å². The third-order valence-corrected chi connectivity index (χ3v) is 8.63. The number of nitrogens with zero attached hydrogens (tertiary/aromatic N) is 4. The van der Waals surface area contributed by atoms with Crippen LogP contribution in [0.2, 0.25) is 0 Å². The van der Waals surface area contributed by atoms with Crippen LogP contribution in [0.4, 0.5) is 22.7 Å². The van der Waals surface area contributed by atoms with Crippen molar-refractivity contribution in [1.29, 1.82) is 0 Å². The van der Waals surface area contributed by atoms with Crippen LogP contribution in [-0.4, -0.2) is 63.3 Å². The first-order valence-corrected chi connectivity index (χ1v) is 13.7. The van der Waals surface area contributed by atoms with Gasteiger partial charge in [0.1, 0.15) is 0 Å². The SMILES string of the molecule is CC(=O)NS(=O)(=O)c1ccc2c(c1)N(c1cc(N3CC[C@@H](O)C3)cc3c1cc(C)c(=O)n3C)CCN2C. The Morgan fingerprint density at radius 2 is 1.78 bits per heavy atom. The highest BCUT2D eigenvalue weighted by Gasteiger charge is 2.28. The summed E-state index contributed by atoms with van der Waals surface area (Å²) in [6.45, 7) is 5.43. The van der Waals surface area contributed by atoms with E-state index in [4.69, 9.17) is 0 Å². The Bertz CT molecular complexity index is 1580. The summed E-state index contributed by atoms with van der Waals surface area (Å²) in [5.41, 5.74) is 4.55. The Morgan fingerprint density at radius 1 is 1.03 bits per heavy atom. The van der Waals surface area contributed by atoms with Gasteiger partial charge in [0.15, 0.2) is 0 Å². The number of β-amino-alcohol motifs (C(OH)–C–C–N with tert-alkyl or cyclic N) is 1. The van der Waals surface area contributed by atoms with Crippen molar-refractivity contribution >= 4 is 49.6 Å². The first-order valence-electron chi connectivity index (χ1n) is 12.2. The fraction of sp³-hybridized carbons (Fsp3) is 0.385. The molecule has 1 atom stereocenters. The number of hydrogen-bond donors (Lipinski definition) is 2. The fourth-order valence-electron chi connectivity index (χ4n) is 5.27. The highest BCUT2D eigenvalue weighted by Crippen LogP contribution is 2.43. The monoisotopic (exact) mass is 525 g/mol. The van der Waals surface area contributed by atoms with Crippen LogP contribution in [0.25, 0.3) is 10.9 Å². The van der Waals surface area contributed by atoms with E-state index in [0.717, 1.165) is 34.9 Å². The number of rotatable bonds is 4. The number of aliphatic hydroxyl groups is 1. The van der Waals surface area contributed by atoms with Crippen LogP contribution in [0.3, 0.4) is 0 Å². The lowest BCUT2D eigenvalue weighted by atomic mass is 10.1. The van der Waals surface area contributed by atoms with E-state index in [1.807, 2.05) is 30.0 Å². The van der Waals surface area contributed by atoms with E-state index in [1.54, 1.807) is 30.7 Å². The number of amides is 1. The fourth-order valence-corrected chi connectivity index (χ4v) is 6.28. The van der Waals surface area contributed by atoms with Crippen LogP contribution >= 0.6 is 0 Å². The van der Waals surface area contributed by atoms with Crippen molar-refractivity contribution < 1.29 is 18.3 Å². The van der Waals surface area contributed by atoms with Crippen LogP contribution in [-0.2, 0) is 21.9 Å². The predicted octanol–water partition coefficient (Wildman–Crippen LogP) is 1.83. The van der Waals surface area contributed by atoms with Crippen LogP contribution < -0.4 is 25.0 Å². The van der Waals surface area contributed by atoms with Gasteiger partial charge in [0.2, 0.25) is 5.91 Å². The summed E-state index contributed by atoms with van der Waals surface area (Å²) in [4.78, 5) is 30.6. The van der Waals surface area contributed by atoms with Crippen molar-refractivity contribution in [2.24, 2.45) is 7.05 Å². The van der Waals surface area contributed by atoms with Crippen molar-refractivity contribution in [1.82, 2.24) is 9.29 Å². The van der Waals surface area contributed by atoms with E-state index in [1.165, 1.54) is 6.07 Å². The molecule has 0 bridgehead atoms. The number of aromatic nitrogens is 1. The topological polar surface area (TPSA) is 115 Å². The van der Waals surface area contributed by atoms with Crippen molar-refractivity contribution in [3.05, 3.63) is 52.3 Å². The number of aliphatic hydroxyl groups excluding tert-OH is 1. The van der Waals surface area contributed by atoms with Crippen molar-refractivity contribution in [3.63, 3.8) is 0 Å². The third kappa shape index (κ3) is 4.42. The van der Waals surface area contributed by atoms with Crippen LogP contribution in [0.1, 0.15) is 18.9 Å². The van der Waals surface area contributed by atoms with E-state index in [0.29, 0.717) is 43.9 Å². The number of hydrogen-bond acceptors (Lipinski definition) is 8. The van der Waals surface area contributed by atoms with Crippen LogP contribution in [0, 0.1) is 6.92 Å². The maximum Gasteiger partial charge on any atom is 0.264 e. The minimum atomic E-state index is -4.03. The van der Waals surface area contributed by atoms with Crippen molar-refractivity contribution in [3.8, 4) is 0 Å². The molecule has 2 aromatic carbocycles. The molecule has 2 aliphatic heterocycles. The minimum Gasteiger partial charge on any atom is -0.391 e. The molecule has 196 valence electrons. The number of anilines is 4. The first-order chi connectivity index (χ1) is 17.5. The number of pyridine rings is 1. The zero-order valence-electron chi connectivity index (χ0n) is 21.4. The lowest BCUT2D eigenvalue weighted by Gasteiger charge is -2.38. The Labute approximate surface area is 215 Å². The molecule has 0 spiro atoms. The molecule has 1 amide bonds. The summed E-state index contributed by atoms with van der Waals surface area (Å²) >= 11 is 0. The van der Waals surface area contributed by atoms with Gasteiger partial charge in [-0.25, -0.2) is 13.1 Å². The van der Waals surface area contributed by atoms with Crippen LogP contribution in [0.5, 0.6) is 0 Å². The van der Waals surface area contributed by atoms with E-state index in [9.17, 15) is 23.1 Å². The van der Waals surface area contributed by atoms with Gasteiger partial charge in [-0.05, 0) is 49.7 Å². The highest BCUT2D eigenvalue weighted by atomic mass is 32.2. The molecule has 2 N–H and O–H groups in total. The smallest absolute Gasteiger partial charge is 0.264 e. The Morgan fingerprint density at radius 3 is 2.46 bits per heavy atom. The molecular formula is C26H31N5O5S. The maximum atomic E-state index is 12.8. The van der Waals surface area contributed by atoms with Crippen molar-refractivity contribution in [2.45, 2.75) is 31.3 Å². The molecule has 3 heterocycles. The average molecular weight is 526 g/mol. The molecule has 3 aromatic rings. The van der Waals surface area contributed by atoms with Gasteiger partial charge in [-0.3, -0.25) is 9.59 Å². The van der Waals surface area contributed by atoms with Crippen molar-refractivity contribution in [2.75, 3.05) is 47.9 Å². The second-order valence-electron chi connectivity index (χ2n) is 9.86. The second kappa shape index (κ2) is 9.07. The summed E-state index contributed by atoms with van der Waals surface area (Å²) in [5, 5.41) is 11.0. The largest absolute Gasteiger partial charge is 0.391 e. The van der Waals surface area contributed by atoms with Gasteiger partial charge in [-0.15, -0.1) is 0 Å². The number of likely N-dealkylation sites (N-methyl/N-ethyl adjacent to an activating group) is 1. The quantitative estimate of drug-likeness (QED) is 0.530. The number of carbonyl (C=O) groups excluding carboxylic acids is 1. The summed E-state index contributed by atoms with van der Waals surface area (Å²) in [7, 11) is -0.331. The van der Waals surface area contributed by atoms with E-state index >= 15 is 0 Å². The number of benzene rings is 2. The Hall–Kier alpha value is -3.57. The molecule has 0 unspecified atom stereocenters. The van der Waals surface area contributed by atoms with Gasteiger partial charge in [-0.1, -0.05) is 0 Å². The zero-order chi connectivity index (χ0) is 26.6.